The maximum atomic E-state index is 13.4. The van der Waals surface area contributed by atoms with Gasteiger partial charge in [-0.1, -0.05) is 6.07 Å². The van der Waals surface area contributed by atoms with Gasteiger partial charge in [0.15, 0.2) is 0 Å². The lowest BCUT2D eigenvalue weighted by atomic mass is 10.2. The van der Waals surface area contributed by atoms with Crippen molar-refractivity contribution in [3.05, 3.63) is 76.0 Å². The van der Waals surface area contributed by atoms with Crippen molar-refractivity contribution >= 4 is 17.3 Å². The van der Waals surface area contributed by atoms with E-state index < -0.39 is 11.8 Å². The maximum absolute atomic E-state index is 13.4. The highest BCUT2D eigenvalue weighted by molar-refractivity contribution is 7.07. The van der Waals surface area contributed by atoms with Gasteiger partial charge in [0.1, 0.15) is 30.5 Å². The average Bonchev–Trinajstić information content (AvgIpc) is 3.18. The molecule has 5 nitrogen and oxygen atoms in total. The molecule has 0 aliphatic rings. The Kier molecular flexibility index (Phi) is 5.80. The molecule has 0 N–H and O–H groups in total. The molecule has 134 valence electrons. The van der Waals surface area contributed by atoms with Crippen LogP contribution in [0.15, 0.2) is 53.4 Å². The highest BCUT2D eigenvalue weighted by atomic mass is 32.1. The second kappa shape index (κ2) is 8.44. The minimum absolute atomic E-state index is 0.0936. The van der Waals surface area contributed by atoms with Crippen LogP contribution in [0.4, 0.5) is 4.39 Å². The van der Waals surface area contributed by atoms with E-state index in [1.165, 1.54) is 36.6 Å². The van der Waals surface area contributed by atoms with Crippen molar-refractivity contribution in [2.24, 2.45) is 0 Å². The van der Waals surface area contributed by atoms with E-state index in [0.29, 0.717) is 29.2 Å². The van der Waals surface area contributed by atoms with E-state index in [9.17, 15) is 9.18 Å². The van der Waals surface area contributed by atoms with Crippen molar-refractivity contribution in [3.63, 3.8) is 0 Å². The quantitative estimate of drug-likeness (QED) is 0.580. The lowest BCUT2D eigenvalue weighted by Crippen LogP contribution is -2.07. The SMILES string of the molecule is COc1ccc(F)cc1COC(=O)c1cccc(OCc2cscn2)c1. The van der Waals surface area contributed by atoms with Crippen LogP contribution in [0, 0.1) is 5.82 Å². The van der Waals surface area contributed by atoms with Crippen molar-refractivity contribution in [1.82, 2.24) is 4.98 Å². The molecule has 26 heavy (non-hydrogen) atoms. The van der Waals surface area contributed by atoms with Gasteiger partial charge in [-0.25, -0.2) is 14.2 Å². The van der Waals surface area contributed by atoms with Gasteiger partial charge < -0.3 is 14.2 Å². The lowest BCUT2D eigenvalue weighted by Gasteiger charge is -2.10. The third-order valence-corrected chi connectivity index (χ3v) is 4.18. The molecule has 1 heterocycles. The monoisotopic (exact) mass is 373 g/mol. The first-order chi connectivity index (χ1) is 12.7. The van der Waals surface area contributed by atoms with Gasteiger partial charge in [0, 0.05) is 10.9 Å². The first kappa shape index (κ1) is 17.9. The first-order valence-corrected chi connectivity index (χ1v) is 8.69. The molecule has 0 aliphatic carbocycles. The number of ether oxygens (including phenoxy) is 3. The van der Waals surface area contributed by atoms with E-state index in [-0.39, 0.29) is 6.61 Å². The van der Waals surface area contributed by atoms with E-state index in [2.05, 4.69) is 4.98 Å². The number of carbonyl (C=O) groups is 1. The van der Waals surface area contributed by atoms with Gasteiger partial charge in [-0.3, -0.25) is 0 Å². The molecule has 0 atom stereocenters. The normalized spacial score (nSPS) is 10.4. The number of halogens is 1. The molecule has 3 aromatic rings. The van der Waals surface area contributed by atoms with Crippen LogP contribution in [-0.4, -0.2) is 18.1 Å². The van der Waals surface area contributed by atoms with E-state index in [1.54, 1.807) is 29.8 Å². The van der Waals surface area contributed by atoms with Crippen molar-refractivity contribution in [3.8, 4) is 11.5 Å². The van der Waals surface area contributed by atoms with Gasteiger partial charge in [0.2, 0.25) is 0 Å². The molecule has 0 radical (unpaired) electrons. The molecule has 0 fully saturated rings. The number of hydrogen-bond acceptors (Lipinski definition) is 6. The summed E-state index contributed by atoms with van der Waals surface area (Å²) in [5, 5.41) is 1.89. The molecular formula is C19H16FNO4S. The minimum Gasteiger partial charge on any atom is -0.496 e. The fraction of sp³-hybridized carbons (Fsp3) is 0.158. The Morgan fingerprint density at radius 2 is 2.08 bits per heavy atom. The largest absolute Gasteiger partial charge is 0.496 e. The molecule has 2 aromatic carbocycles. The van der Waals surface area contributed by atoms with Crippen LogP contribution < -0.4 is 9.47 Å². The fourth-order valence-electron chi connectivity index (χ4n) is 2.27. The van der Waals surface area contributed by atoms with E-state index in [4.69, 9.17) is 14.2 Å². The van der Waals surface area contributed by atoms with Gasteiger partial charge in [0.25, 0.3) is 0 Å². The Hall–Kier alpha value is -2.93. The smallest absolute Gasteiger partial charge is 0.338 e. The van der Waals surface area contributed by atoms with Crippen LogP contribution >= 0.6 is 11.3 Å². The zero-order valence-electron chi connectivity index (χ0n) is 14.0. The fourth-order valence-corrected chi connectivity index (χ4v) is 2.81. The van der Waals surface area contributed by atoms with Crippen molar-refractivity contribution in [2.75, 3.05) is 7.11 Å². The second-order valence-corrected chi connectivity index (χ2v) is 6.05. The summed E-state index contributed by atoms with van der Waals surface area (Å²) in [4.78, 5) is 16.4. The predicted octanol–water partition coefficient (Wildman–Crippen LogP) is 4.23. The lowest BCUT2D eigenvalue weighted by molar-refractivity contribution is 0.0469. The molecule has 1 aromatic heterocycles. The molecule has 0 spiro atoms. The average molecular weight is 373 g/mol. The topological polar surface area (TPSA) is 57.7 Å². The summed E-state index contributed by atoms with van der Waals surface area (Å²) in [7, 11) is 1.47. The highest BCUT2D eigenvalue weighted by Gasteiger charge is 2.12. The third kappa shape index (κ3) is 4.58. The van der Waals surface area contributed by atoms with Crippen LogP contribution in [0.5, 0.6) is 11.5 Å². The molecule has 0 aliphatic heterocycles. The Morgan fingerprint density at radius 3 is 2.85 bits per heavy atom. The van der Waals surface area contributed by atoms with Crippen molar-refractivity contribution < 1.29 is 23.4 Å². The Balaban J connectivity index is 1.63. The number of aromatic nitrogens is 1. The summed E-state index contributed by atoms with van der Waals surface area (Å²) in [6, 6.07) is 10.7. The molecule has 3 rings (SSSR count). The van der Waals surface area contributed by atoms with Crippen molar-refractivity contribution in [1.29, 1.82) is 0 Å². The summed E-state index contributed by atoms with van der Waals surface area (Å²) in [6.07, 6.45) is 0. The summed E-state index contributed by atoms with van der Waals surface area (Å²) < 4.78 is 29.4. The molecule has 0 bridgehead atoms. The summed E-state index contributed by atoms with van der Waals surface area (Å²) in [5.74, 6) is 0.0417. The number of rotatable bonds is 7. The third-order valence-electron chi connectivity index (χ3n) is 3.54. The number of benzene rings is 2. The van der Waals surface area contributed by atoms with Gasteiger partial charge in [0.05, 0.1) is 23.9 Å². The summed E-state index contributed by atoms with van der Waals surface area (Å²) in [6.45, 7) is 0.228. The summed E-state index contributed by atoms with van der Waals surface area (Å²) >= 11 is 1.49. The van der Waals surface area contributed by atoms with Gasteiger partial charge in [-0.05, 0) is 36.4 Å². The minimum atomic E-state index is -0.532. The van der Waals surface area contributed by atoms with E-state index in [1.807, 2.05) is 5.38 Å². The number of nitrogens with zero attached hydrogens (tertiary/aromatic N) is 1. The number of methoxy groups -OCH3 is 1. The van der Waals surface area contributed by atoms with Crippen LogP contribution in [0.3, 0.4) is 0 Å². The van der Waals surface area contributed by atoms with Crippen LogP contribution in [0.25, 0.3) is 0 Å². The van der Waals surface area contributed by atoms with Gasteiger partial charge in [-0.15, -0.1) is 11.3 Å². The van der Waals surface area contributed by atoms with Crippen LogP contribution in [0.1, 0.15) is 21.6 Å². The standard InChI is InChI=1S/C19H16FNO4S/c1-23-18-6-5-15(20)7-14(18)9-25-19(22)13-3-2-4-17(8-13)24-10-16-11-26-12-21-16/h2-8,11-12H,9-10H2,1H3. The zero-order valence-corrected chi connectivity index (χ0v) is 14.8. The Labute approximate surface area is 154 Å². The predicted molar refractivity (Wildman–Crippen MR) is 95.0 cm³/mol. The number of thiazole rings is 1. The zero-order chi connectivity index (χ0) is 18.4. The van der Waals surface area contributed by atoms with E-state index in [0.717, 1.165) is 5.69 Å². The van der Waals surface area contributed by atoms with Crippen molar-refractivity contribution in [2.45, 2.75) is 13.2 Å². The Morgan fingerprint density at radius 1 is 1.19 bits per heavy atom. The van der Waals surface area contributed by atoms with Crippen LogP contribution in [0.2, 0.25) is 0 Å². The number of esters is 1. The molecule has 0 amide bonds. The highest BCUT2D eigenvalue weighted by Crippen LogP contribution is 2.21. The molecule has 7 heteroatoms. The van der Waals surface area contributed by atoms with Gasteiger partial charge >= 0.3 is 5.97 Å². The number of carbonyl (C=O) groups excluding carboxylic acids is 1. The van der Waals surface area contributed by atoms with Crippen LogP contribution in [-0.2, 0) is 18.0 Å². The molecular weight excluding hydrogens is 357 g/mol. The first-order valence-electron chi connectivity index (χ1n) is 7.75. The Bertz CT molecular complexity index is 883. The van der Waals surface area contributed by atoms with E-state index >= 15 is 0 Å². The molecule has 0 saturated carbocycles. The summed E-state index contributed by atoms with van der Waals surface area (Å²) in [5.41, 5.74) is 3.35. The molecule has 0 saturated heterocycles. The second-order valence-electron chi connectivity index (χ2n) is 5.33. The molecule has 0 unspecified atom stereocenters. The maximum Gasteiger partial charge on any atom is 0.338 e. The van der Waals surface area contributed by atoms with Gasteiger partial charge in [-0.2, -0.15) is 0 Å². The number of hydrogen-bond donors (Lipinski definition) is 0.